The van der Waals surface area contributed by atoms with Gasteiger partial charge in [-0.05, 0) is 57.9 Å². The average molecular weight is 387 g/mol. The fourth-order valence-electron chi connectivity index (χ4n) is 1.62. The van der Waals surface area contributed by atoms with Crippen molar-refractivity contribution in [2.45, 2.75) is 6.54 Å². The smallest absolute Gasteiger partial charge is 0.141 e. The third-order valence-electron chi connectivity index (χ3n) is 2.53. The zero-order valence-corrected chi connectivity index (χ0v) is 13.5. The van der Waals surface area contributed by atoms with Gasteiger partial charge in [-0.2, -0.15) is 0 Å². The Hall–Kier alpha value is -1.04. The van der Waals surface area contributed by atoms with Gasteiger partial charge in [0.15, 0.2) is 0 Å². The first-order valence-electron chi connectivity index (χ1n) is 5.63. The second-order valence-corrected chi connectivity index (χ2v) is 5.67. The van der Waals surface area contributed by atoms with E-state index in [1.807, 2.05) is 36.4 Å². The third kappa shape index (κ3) is 3.72. The summed E-state index contributed by atoms with van der Waals surface area (Å²) in [5.41, 5.74) is 6.65. The van der Waals surface area contributed by atoms with E-state index >= 15 is 0 Å². The molecule has 3 nitrogen and oxygen atoms in total. The first kappa shape index (κ1) is 14.4. The highest BCUT2D eigenvalue weighted by atomic mass is 79.9. The van der Waals surface area contributed by atoms with Gasteiger partial charge in [-0.25, -0.2) is 0 Å². The Morgan fingerprint density at radius 1 is 1.05 bits per heavy atom. The molecule has 0 aliphatic rings. The number of halogens is 2. The van der Waals surface area contributed by atoms with Crippen molar-refractivity contribution in [3.8, 4) is 17.2 Å². The molecule has 2 N–H and O–H groups in total. The van der Waals surface area contributed by atoms with Crippen LogP contribution in [0.5, 0.6) is 17.2 Å². The lowest BCUT2D eigenvalue weighted by Crippen LogP contribution is -1.97. The topological polar surface area (TPSA) is 44.5 Å². The average Bonchev–Trinajstić information content (AvgIpc) is 2.40. The van der Waals surface area contributed by atoms with Crippen molar-refractivity contribution < 1.29 is 9.47 Å². The van der Waals surface area contributed by atoms with Crippen LogP contribution in [0.3, 0.4) is 0 Å². The number of rotatable bonds is 4. The van der Waals surface area contributed by atoms with Crippen LogP contribution in [0.4, 0.5) is 0 Å². The second-order valence-electron chi connectivity index (χ2n) is 3.90. The lowest BCUT2D eigenvalue weighted by atomic mass is 10.2. The van der Waals surface area contributed by atoms with Crippen LogP contribution in [-0.2, 0) is 6.54 Å². The van der Waals surface area contributed by atoms with Gasteiger partial charge in [0.25, 0.3) is 0 Å². The molecule has 0 atom stereocenters. The van der Waals surface area contributed by atoms with Gasteiger partial charge < -0.3 is 15.2 Å². The highest BCUT2D eigenvalue weighted by Gasteiger charge is 2.06. The van der Waals surface area contributed by atoms with Crippen LogP contribution in [-0.4, -0.2) is 7.11 Å². The van der Waals surface area contributed by atoms with Crippen molar-refractivity contribution >= 4 is 31.9 Å². The number of methoxy groups -OCH3 is 1. The molecule has 0 bridgehead atoms. The Balaban J connectivity index is 2.28. The van der Waals surface area contributed by atoms with Gasteiger partial charge in [0, 0.05) is 11.0 Å². The maximum atomic E-state index is 5.84. The molecule has 0 aliphatic carbocycles. The van der Waals surface area contributed by atoms with Crippen molar-refractivity contribution in [2.24, 2.45) is 5.73 Å². The SMILES string of the molecule is COc1ccc(Oc2cc(Br)cc(CN)c2)c(Br)c1. The van der Waals surface area contributed by atoms with E-state index in [4.69, 9.17) is 15.2 Å². The minimum Gasteiger partial charge on any atom is -0.497 e. The molecule has 2 aromatic carbocycles. The molecule has 5 heteroatoms. The maximum absolute atomic E-state index is 5.84. The molecule has 0 amide bonds. The van der Waals surface area contributed by atoms with Crippen molar-refractivity contribution in [3.05, 3.63) is 50.9 Å². The number of hydrogen-bond acceptors (Lipinski definition) is 3. The maximum Gasteiger partial charge on any atom is 0.141 e. The largest absolute Gasteiger partial charge is 0.497 e. The van der Waals surface area contributed by atoms with Crippen LogP contribution < -0.4 is 15.2 Å². The van der Waals surface area contributed by atoms with E-state index in [0.29, 0.717) is 6.54 Å². The normalized spacial score (nSPS) is 10.3. The van der Waals surface area contributed by atoms with Gasteiger partial charge >= 0.3 is 0 Å². The van der Waals surface area contributed by atoms with E-state index in [9.17, 15) is 0 Å². The van der Waals surface area contributed by atoms with Gasteiger partial charge in [0.05, 0.1) is 11.6 Å². The van der Waals surface area contributed by atoms with Crippen LogP contribution in [0.25, 0.3) is 0 Å². The standard InChI is InChI=1S/C14H13Br2NO2/c1-18-11-2-3-14(13(16)7-11)19-12-5-9(8-17)4-10(15)6-12/h2-7H,8,17H2,1H3. The summed E-state index contributed by atoms with van der Waals surface area (Å²) in [4.78, 5) is 0. The number of ether oxygens (including phenoxy) is 2. The van der Waals surface area contributed by atoms with Gasteiger partial charge in [0.2, 0.25) is 0 Å². The Morgan fingerprint density at radius 2 is 1.84 bits per heavy atom. The number of nitrogens with two attached hydrogens (primary N) is 1. The monoisotopic (exact) mass is 385 g/mol. The van der Waals surface area contributed by atoms with Gasteiger partial charge in [-0.3, -0.25) is 0 Å². The fourth-order valence-corrected chi connectivity index (χ4v) is 2.57. The summed E-state index contributed by atoms with van der Waals surface area (Å²) in [6.45, 7) is 0.472. The van der Waals surface area contributed by atoms with Crippen molar-refractivity contribution in [1.29, 1.82) is 0 Å². The number of benzene rings is 2. The molecule has 0 aliphatic heterocycles. The molecule has 0 aromatic heterocycles. The molecule has 0 heterocycles. The minimum absolute atomic E-state index is 0.472. The Morgan fingerprint density at radius 3 is 2.47 bits per heavy atom. The van der Waals surface area contributed by atoms with E-state index in [2.05, 4.69) is 31.9 Å². The summed E-state index contributed by atoms with van der Waals surface area (Å²) in [6, 6.07) is 11.3. The Bertz CT molecular complexity index is 588. The van der Waals surface area contributed by atoms with Gasteiger partial charge in [-0.15, -0.1) is 0 Å². The second kappa shape index (κ2) is 6.41. The predicted molar refractivity (Wildman–Crippen MR) is 82.8 cm³/mol. The van der Waals surface area contributed by atoms with Crippen LogP contribution in [0.15, 0.2) is 45.3 Å². The van der Waals surface area contributed by atoms with Crippen molar-refractivity contribution in [3.63, 3.8) is 0 Å². The summed E-state index contributed by atoms with van der Waals surface area (Å²) in [5.74, 6) is 2.23. The Kier molecular flexibility index (Phi) is 4.85. The zero-order valence-electron chi connectivity index (χ0n) is 10.3. The van der Waals surface area contributed by atoms with Crippen LogP contribution >= 0.6 is 31.9 Å². The lowest BCUT2D eigenvalue weighted by molar-refractivity contribution is 0.412. The molecule has 0 fully saturated rings. The van der Waals surface area contributed by atoms with Crippen molar-refractivity contribution in [2.75, 3.05) is 7.11 Å². The lowest BCUT2D eigenvalue weighted by Gasteiger charge is -2.10. The van der Waals surface area contributed by atoms with Crippen LogP contribution in [0.1, 0.15) is 5.56 Å². The summed E-state index contributed by atoms with van der Waals surface area (Å²) in [6.07, 6.45) is 0. The van der Waals surface area contributed by atoms with Crippen LogP contribution in [0, 0.1) is 0 Å². The van der Waals surface area contributed by atoms with Crippen LogP contribution in [0.2, 0.25) is 0 Å². The fraction of sp³-hybridized carbons (Fsp3) is 0.143. The molecule has 19 heavy (non-hydrogen) atoms. The molecular formula is C14H13Br2NO2. The minimum atomic E-state index is 0.472. The van der Waals surface area contributed by atoms with Gasteiger partial charge in [0.1, 0.15) is 17.2 Å². The molecule has 0 unspecified atom stereocenters. The van der Waals surface area contributed by atoms with E-state index in [0.717, 1.165) is 31.8 Å². The molecule has 0 saturated carbocycles. The molecule has 0 spiro atoms. The molecular weight excluding hydrogens is 374 g/mol. The summed E-state index contributed by atoms with van der Waals surface area (Å²) < 4.78 is 12.8. The first-order valence-corrected chi connectivity index (χ1v) is 7.22. The highest BCUT2D eigenvalue weighted by Crippen LogP contribution is 2.34. The van der Waals surface area contributed by atoms with Crippen molar-refractivity contribution in [1.82, 2.24) is 0 Å². The molecule has 100 valence electrons. The first-order chi connectivity index (χ1) is 9.12. The molecule has 0 radical (unpaired) electrons. The predicted octanol–water partition coefficient (Wildman–Crippen LogP) is 4.47. The molecule has 2 aromatic rings. The number of hydrogen-bond donors (Lipinski definition) is 1. The van der Waals surface area contributed by atoms with E-state index in [1.54, 1.807) is 7.11 Å². The zero-order chi connectivity index (χ0) is 13.8. The summed E-state index contributed by atoms with van der Waals surface area (Å²) >= 11 is 6.90. The molecule has 0 saturated heterocycles. The molecule has 2 rings (SSSR count). The highest BCUT2D eigenvalue weighted by molar-refractivity contribution is 9.10. The quantitative estimate of drug-likeness (QED) is 0.842. The summed E-state index contributed by atoms with van der Waals surface area (Å²) in [5, 5.41) is 0. The third-order valence-corrected chi connectivity index (χ3v) is 3.61. The summed E-state index contributed by atoms with van der Waals surface area (Å²) in [7, 11) is 1.63. The van der Waals surface area contributed by atoms with E-state index < -0.39 is 0 Å². The van der Waals surface area contributed by atoms with E-state index in [1.165, 1.54) is 0 Å². The Labute approximate surface area is 129 Å². The van der Waals surface area contributed by atoms with E-state index in [-0.39, 0.29) is 0 Å². The van der Waals surface area contributed by atoms with Gasteiger partial charge in [-0.1, -0.05) is 15.9 Å².